The van der Waals surface area contributed by atoms with E-state index in [0.717, 1.165) is 16.0 Å². The lowest BCUT2D eigenvalue weighted by Gasteiger charge is -2.09. The van der Waals surface area contributed by atoms with Crippen molar-refractivity contribution < 1.29 is 18.7 Å². The smallest absolute Gasteiger partial charge is 0.348 e. The molecule has 0 saturated heterocycles. The number of carbonyl (C=O) groups is 2. The molecule has 2 aromatic carbocycles. The number of anilines is 1. The summed E-state index contributed by atoms with van der Waals surface area (Å²) in [5.74, 6) is -1.63. The van der Waals surface area contributed by atoms with E-state index >= 15 is 0 Å². The van der Waals surface area contributed by atoms with Crippen LogP contribution in [0.15, 0.2) is 42.5 Å². The Morgan fingerprint density at radius 2 is 1.84 bits per heavy atom. The Morgan fingerprint density at radius 3 is 2.56 bits per heavy atom. The van der Waals surface area contributed by atoms with E-state index in [2.05, 4.69) is 5.32 Å². The molecule has 1 amide bonds. The number of carbonyl (C=O) groups excluding carboxylic acids is 2. The zero-order valence-electron chi connectivity index (χ0n) is 12.5. The highest BCUT2D eigenvalue weighted by atomic mass is 35.5. The summed E-state index contributed by atoms with van der Waals surface area (Å²) in [5, 5.41) is 3.65. The zero-order valence-corrected chi connectivity index (χ0v) is 14.8. The molecule has 0 aliphatic carbocycles. The topological polar surface area (TPSA) is 55.4 Å². The maximum atomic E-state index is 13.2. The first-order valence-electron chi connectivity index (χ1n) is 7.04. The lowest BCUT2D eigenvalue weighted by molar-refractivity contribution is -0.119. The fourth-order valence-electron chi connectivity index (χ4n) is 2.11. The summed E-state index contributed by atoms with van der Waals surface area (Å²) in [6.45, 7) is -0.497. The molecule has 8 heteroatoms. The first kappa shape index (κ1) is 17.7. The van der Waals surface area contributed by atoms with Crippen LogP contribution in [0.2, 0.25) is 10.0 Å². The molecule has 0 fully saturated rings. The Balaban J connectivity index is 1.64. The Hall–Kier alpha value is -2.15. The third-order valence-corrected chi connectivity index (χ3v) is 4.97. The van der Waals surface area contributed by atoms with Crippen molar-refractivity contribution >= 4 is 62.2 Å². The van der Waals surface area contributed by atoms with Crippen LogP contribution < -0.4 is 5.32 Å². The van der Waals surface area contributed by atoms with Crippen LogP contribution in [0.4, 0.5) is 10.1 Å². The van der Waals surface area contributed by atoms with Crippen molar-refractivity contribution in [2.45, 2.75) is 0 Å². The summed E-state index contributed by atoms with van der Waals surface area (Å²) in [5.41, 5.74) is 0.254. The first-order valence-corrected chi connectivity index (χ1v) is 8.61. The van der Waals surface area contributed by atoms with E-state index in [4.69, 9.17) is 27.9 Å². The number of benzene rings is 2. The quantitative estimate of drug-likeness (QED) is 0.619. The minimum atomic E-state index is -0.665. The van der Waals surface area contributed by atoms with Gasteiger partial charge in [-0.05, 0) is 41.8 Å². The number of para-hydroxylation sites is 1. The van der Waals surface area contributed by atoms with Crippen LogP contribution >= 0.6 is 34.5 Å². The number of hydrogen-bond acceptors (Lipinski definition) is 4. The summed E-state index contributed by atoms with van der Waals surface area (Å²) < 4.78 is 18.9. The number of ether oxygens (including phenoxy) is 1. The van der Waals surface area contributed by atoms with Crippen LogP contribution in [0.25, 0.3) is 10.1 Å². The number of halogens is 3. The van der Waals surface area contributed by atoms with Gasteiger partial charge in [-0.1, -0.05) is 29.3 Å². The van der Waals surface area contributed by atoms with Crippen molar-refractivity contribution in [3.8, 4) is 0 Å². The van der Waals surface area contributed by atoms with Gasteiger partial charge in [-0.25, -0.2) is 9.18 Å². The number of nitrogens with one attached hydrogen (secondary N) is 1. The molecule has 0 saturated carbocycles. The third kappa shape index (κ3) is 4.10. The van der Waals surface area contributed by atoms with E-state index in [-0.39, 0.29) is 26.4 Å². The summed E-state index contributed by atoms with van der Waals surface area (Å²) in [7, 11) is 0. The van der Waals surface area contributed by atoms with Crippen LogP contribution in [0.3, 0.4) is 0 Å². The molecule has 128 valence electrons. The van der Waals surface area contributed by atoms with Crippen molar-refractivity contribution in [2.24, 2.45) is 0 Å². The van der Waals surface area contributed by atoms with Gasteiger partial charge < -0.3 is 10.1 Å². The molecule has 0 aliphatic rings. The second-order valence-electron chi connectivity index (χ2n) is 5.01. The van der Waals surface area contributed by atoms with E-state index in [0.29, 0.717) is 5.39 Å². The molecule has 0 spiro atoms. The van der Waals surface area contributed by atoms with Crippen molar-refractivity contribution in [3.05, 3.63) is 63.2 Å². The van der Waals surface area contributed by atoms with Crippen molar-refractivity contribution in [3.63, 3.8) is 0 Å². The minimum Gasteiger partial charge on any atom is -0.451 e. The van der Waals surface area contributed by atoms with Gasteiger partial charge in [-0.15, -0.1) is 11.3 Å². The lowest BCUT2D eigenvalue weighted by Crippen LogP contribution is -2.21. The molecule has 3 aromatic rings. The molecule has 4 nitrogen and oxygen atoms in total. The molecule has 25 heavy (non-hydrogen) atoms. The molecular formula is C17H10Cl2FNO3S. The zero-order chi connectivity index (χ0) is 18.0. The number of thiophene rings is 1. The second-order valence-corrected chi connectivity index (χ2v) is 6.91. The second kappa shape index (κ2) is 7.39. The monoisotopic (exact) mass is 397 g/mol. The number of esters is 1. The molecule has 1 heterocycles. The highest BCUT2D eigenvalue weighted by Crippen LogP contribution is 2.30. The number of hydrogen-bond donors (Lipinski definition) is 1. The summed E-state index contributed by atoms with van der Waals surface area (Å²) in [6.07, 6.45) is 0. The van der Waals surface area contributed by atoms with E-state index in [1.54, 1.807) is 24.3 Å². The van der Waals surface area contributed by atoms with E-state index in [1.165, 1.54) is 18.2 Å². The predicted molar refractivity (Wildman–Crippen MR) is 97.2 cm³/mol. The Kier molecular flexibility index (Phi) is 5.22. The Bertz CT molecular complexity index is 953. The largest absolute Gasteiger partial charge is 0.451 e. The predicted octanol–water partition coefficient (Wildman–Crippen LogP) is 5.14. The maximum absolute atomic E-state index is 13.2. The van der Waals surface area contributed by atoms with Gasteiger partial charge in [0.15, 0.2) is 6.61 Å². The molecule has 0 bridgehead atoms. The van der Waals surface area contributed by atoms with Crippen molar-refractivity contribution in [2.75, 3.05) is 11.9 Å². The Morgan fingerprint density at radius 1 is 1.12 bits per heavy atom. The highest BCUT2D eigenvalue weighted by molar-refractivity contribution is 7.20. The van der Waals surface area contributed by atoms with Gasteiger partial charge in [0.1, 0.15) is 10.7 Å². The fraction of sp³-hybridized carbons (Fsp3) is 0.0588. The summed E-state index contributed by atoms with van der Waals surface area (Å²) in [4.78, 5) is 24.3. The minimum absolute atomic E-state index is 0.254. The van der Waals surface area contributed by atoms with Gasteiger partial charge >= 0.3 is 5.97 Å². The molecule has 0 aliphatic heterocycles. The normalized spacial score (nSPS) is 10.7. The van der Waals surface area contributed by atoms with Crippen molar-refractivity contribution in [1.82, 2.24) is 0 Å². The van der Waals surface area contributed by atoms with Crippen molar-refractivity contribution in [1.29, 1.82) is 0 Å². The van der Waals surface area contributed by atoms with Gasteiger partial charge in [0, 0.05) is 4.70 Å². The highest BCUT2D eigenvalue weighted by Gasteiger charge is 2.15. The lowest BCUT2D eigenvalue weighted by atomic mass is 10.2. The maximum Gasteiger partial charge on any atom is 0.348 e. The van der Waals surface area contributed by atoms with Crippen LogP contribution in [-0.2, 0) is 9.53 Å². The van der Waals surface area contributed by atoms with Crippen LogP contribution in [0, 0.1) is 5.82 Å². The molecule has 1 aromatic heterocycles. The van der Waals surface area contributed by atoms with Gasteiger partial charge in [-0.2, -0.15) is 0 Å². The van der Waals surface area contributed by atoms with Crippen LogP contribution in [0.5, 0.6) is 0 Å². The fourth-order valence-corrected chi connectivity index (χ4v) is 3.54. The van der Waals surface area contributed by atoms with E-state index < -0.39 is 18.5 Å². The van der Waals surface area contributed by atoms with E-state index in [9.17, 15) is 14.0 Å². The first-order chi connectivity index (χ1) is 11.9. The third-order valence-electron chi connectivity index (χ3n) is 3.24. The van der Waals surface area contributed by atoms with E-state index in [1.807, 2.05) is 0 Å². The van der Waals surface area contributed by atoms with Crippen LogP contribution in [0.1, 0.15) is 9.67 Å². The molecule has 0 unspecified atom stereocenters. The molecular weight excluding hydrogens is 388 g/mol. The number of rotatable bonds is 4. The summed E-state index contributed by atoms with van der Waals surface area (Å²) in [6, 6.07) is 10.5. The van der Waals surface area contributed by atoms with Gasteiger partial charge in [0.05, 0.1) is 15.7 Å². The molecule has 0 atom stereocenters. The number of amides is 1. The average Bonchev–Trinajstić information content (AvgIpc) is 2.99. The molecule has 3 rings (SSSR count). The van der Waals surface area contributed by atoms with Gasteiger partial charge in [-0.3, -0.25) is 4.79 Å². The standard InChI is InChI=1S/C17H10Cl2FNO3S/c18-11-2-1-3-12(19)16(11)21-15(22)8-24-17(23)14-7-9-6-10(20)4-5-13(9)25-14/h1-7H,8H2,(H,21,22). The molecule has 1 N–H and O–H groups in total. The van der Waals surface area contributed by atoms with Crippen LogP contribution in [-0.4, -0.2) is 18.5 Å². The Labute approximate surface area is 156 Å². The molecule has 0 radical (unpaired) electrons. The van der Waals surface area contributed by atoms with Gasteiger partial charge in [0.2, 0.25) is 0 Å². The van der Waals surface area contributed by atoms with Gasteiger partial charge in [0.25, 0.3) is 5.91 Å². The SMILES string of the molecule is O=C(COC(=O)c1cc2cc(F)ccc2s1)Nc1c(Cl)cccc1Cl. The summed E-state index contributed by atoms with van der Waals surface area (Å²) >= 11 is 13.1. The number of fused-ring (bicyclic) bond motifs is 1. The average molecular weight is 398 g/mol.